The average molecular weight is 285 g/mol. The summed E-state index contributed by atoms with van der Waals surface area (Å²) in [6, 6.07) is 12.9. The number of anilines is 1. The van der Waals surface area contributed by atoms with Crippen molar-refractivity contribution in [3.05, 3.63) is 36.4 Å². The molecule has 2 rings (SSSR count). The Balaban J connectivity index is 1.85. The quantitative estimate of drug-likeness (QED) is 0.789. The van der Waals surface area contributed by atoms with Gasteiger partial charge in [0, 0.05) is 11.4 Å². The second kappa shape index (κ2) is 7.99. The third kappa shape index (κ3) is 4.71. The first-order valence-electron chi connectivity index (χ1n) is 8.07. The molecule has 0 aliphatic rings. The zero-order valence-corrected chi connectivity index (χ0v) is 13.5. The molecule has 0 saturated carbocycles. The Labute approximate surface area is 128 Å². The van der Waals surface area contributed by atoms with Gasteiger partial charge in [-0.1, -0.05) is 32.0 Å². The molecule has 1 aromatic heterocycles. The summed E-state index contributed by atoms with van der Waals surface area (Å²) in [5.74, 6) is 0.976. The summed E-state index contributed by atoms with van der Waals surface area (Å²) in [5.41, 5.74) is 1.05. The largest absolute Gasteiger partial charge is 0.368 e. The highest BCUT2D eigenvalue weighted by molar-refractivity contribution is 5.80. The van der Waals surface area contributed by atoms with Gasteiger partial charge in [0.25, 0.3) is 0 Å². The number of nitrogens with one attached hydrogen (secondary N) is 1. The van der Waals surface area contributed by atoms with Gasteiger partial charge in [0.15, 0.2) is 0 Å². The number of hydrogen-bond acceptors (Lipinski definition) is 3. The number of nitrogens with zero attached hydrogens (tertiary/aromatic N) is 2. The first-order valence-corrected chi connectivity index (χ1v) is 8.07. The molecule has 0 amide bonds. The van der Waals surface area contributed by atoms with Crippen LogP contribution in [0.4, 0.5) is 5.82 Å². The fraction of sp³-hybridized carbons (Fsp3) is 0.500. The van der Waals surface area contributed by atoms with Crippen LogP contribution >= 0.6 is 0 Å². The molecule has 1 aromatic carbocycles. The van der Waals surface area contributed by atoms with Gasteiger partial charge in [0.05, 0.1) is 5.52 Å². The number of hydrogen-bond donors (Lipinski definition) is 1. The Bertz CT molecular complexity index is 549. The molecule has 1 N–H and O–H groups in total. The third-order valence-corrected chi connectivity index (χ3v) is 4.00. The molecule has 1 atom stereocenters. The second-order valence-electron chi connectivity index (χ2n) is 5.60. The summed E-state index contributed by atoms with van der Waals surface area (Å²) in [5, 5.41) is 4.71. The molecular formula is C18H27N3. The van der Waals surface area contributed by atoms with Crippen molar-refractivity contribution in [2.45, 2.75) is 39.7 Å². The summed E-state index contributed by atoms with van der Waals surface area (Å²) >= 11 is 0. The molecule has 1 heterocycles. The first-order chi connectivity index (χ1) is 10.2. The standard InChI is InChI=1S/C18H27N3/c1-4-21(5-2)14-8-9-15(3)19-18-13-12-16-10-6-7-11-17(16)20-18/h6-7,10-13,15H,4-5,8-9,14H2,1-3H3,(H,19,20)/t15-/m0/s1. The Hall–Kier alpha value is -1.61. The highest BCUT2D eigenvalue weighted by Crippen LogP contribution is 2.16. The maximum Gasteiger partial charge on any atom is 0.126 e. The van der Waals surface area contributed by atoms with Crippen molar-refractivity contribution in [1.29, 1.82) is 0 Å². The predicted octanol–water partition coefficient (Wildman–Crippen LogP) is 4.16. The summed E-state index contributed by atoms with van der Waals surface area (Å²) in [7, 11) is 0. The Morgan fingerprint density at radius 2 is 1.86 bits per heavy atom. The van der Waals surface area contributed by atoms with Gasteiger partial charge in [0.2, 0.25) is 0 Å². The van der Waals surface area contributed by atoms with E-state index < -0.39 is 0 Å². The Morgan fingerprint density at radius 3 is 2.62 bits per heavy atom. The maximum absolute atomic E-state index is 4.67. The highest BCUT2D eigenvalue weighted by Gasteiger charge is 2.05. The minimum atomic E-state index is 0.453. The number of fused-ring (bicyclic) bond motifs is 1. The highest BCUT2D eigenvalue weighted by atomic mass is 15.1. The molecule has 0 aliphatic carbocycles. The van der Waals surface area contributed by atoms with Gasteiger partial charge >= 0.3 is 0 Å². The van der Waals surface area contributed by atoms with Crippen LogP contribution in [-0.2, 0) is 0 Å². The molecule has 3 heteroatoms. The van der Waals surface area contributed by atoms with Crippen molar-refractivity contribution in [3.8, 4) is 0 Å². The van der Waals surface area contributed by atoms with Crippen LogP contribution in [0.1, 0.15) is 33.6 Å². The van der Waals surface area contributed by atoms with E-state index in [0.29, 0.717) is 6.04 Å². The van der Waals surface area contributed by atoms with E-state index in [4.69, 9.17) is 0 Å². The van der Waals surface area contributed by atoms with Crippen LogP contribution < -0.4 is 5.32 Å². The lowest BCUT2D eigenvalue weighted by molar-refractivity contribution is 0.295. The van der Waals surface area contributed by atoms with Crippen molar-refractivity contribution < 1.29 is 0 Å². The third-order valence-electron chi connectivity index (χ3n) is 4.00. The summed E-state index contributed by atoms with van der Waals surface area (Å²) in [4.78, 5) is 7.14. The number of rotatable bonds is 8. The van der Waals surface area contributed by atoms with E-state index in [9.17, 15) is 0 Å². The van der Waals surface area contributed by atoms with Gasteiger partial charge in [-0.15, -0.1) is 0 Å². The molecular weight excluding hydrogens is 258 g/mol. The monoisotopic (exact) mass is 285 g/mol. The van der Waals surface area contributed by atoms with Crippen LogP contribution in [0.3, 0.4) is 0 Å². The van der Waals surface area contributed by atoms with Gasteiger partial charge in [-0.25, -0.2) is 4.98 Å². The molecule has 0 saturated heterocycles. The molecule has 0 bridgehead atoms. The molecule has 0 spiro atoms. The smallest absolute Gasteiger partial charge is 0.126 e. The van der Waals surface area contributed by atoms with Crippen LogP contribution in [0.25, 0.3) is 10.9 Å². The van der Waals surface area contributed by atoms with Crippen LogP contribution in [0.15, 0.2) is 36.4 Å². The number of pyridine rings is 1. The number of aromatic nitrogens is 1. The van der Waals surface area contributed by atoms with E-state index in [-0.39, 0.29) is 0 Å². The zero-order chi connectivity index (χ0) is 15.1. The Morgan fingerprint density at radius 1 is 1.10 bits per heavy atom. The molecule has 114 valence electrons. The average Bonchev–Trinajstić information content (AvgIpc) is 2.51. The lowest BCUT2D eigenvalue weighted by atomic mass is 10.1. The van der Waals surface area contributed by atoms with Gasteiger partial charge < -0.3 is 10.2 Å². The lowest BCUT2D eigenvalue weighted by Crippen LogP contribution is -2.25. The van der Waals surface area contributed by atoms with Crippen LogP contribution in [0.5, 0.6) is 0 Å². The normalized spacial score (nSPS) is 12.8. The fourth-order valence-electron chi connectivity index (χ4n) is 2.63. The van der Waals surface area contributed by atoms with Crippen LogP contribution in [0.2, 0.25) is 0 Å². The minimum Gasteiger partial charge on any atom is -0.368 e. The van der Waals surface area contributed by atoms with Crippen molar-refractivity contribution >= 4 is 16.7 Å². The second-order valence-corrected chi connectivity index (χ2v) is 5.60. The molecule has 0 radical (unpaired) electrons. The van der Waals surface area contributed by atoms with E-state index in [1.807, 2.05) is 12.1 Å². The van der Waals surface area contributed by atoms with E-state index >= 15 is 0 Å². The van der Waals surface area contributed by atoms with E-state index in [0.717, 1.165) is 24.4 Å². The van der Waals surface area contributed by atoms with Gasteiger partial charge in [-0.3, -0.25) is 0 Å². The van der Waals surface area contributed by atoms with E-state index in [1.54, 1.807) is 0 Å². The molecule has 0 aliphatic heterocycles. The molecule has 0 unspecified atom stereocenters. The molecule has 2 aromatic rings. The Kier molecular flexibility index (Phi) is 6.00. The van der Waals surface area contributed by atoms with Crippen molar-refractivity contribution in [3.63, 3.8) is 0 Å². The fourth-order valence-corrected chi connectivity index (χ4v) is 2.63. The number of para-hydroxylation sites is 1. The SMILES string of the molecule is CCN(CC)CCC[C@H](C)Nc1ccc2ccccc2n1. The predicted molar refractivity (Wildman–Crippen MR) is 91.8 cm³/mol. The van der Waals surface area contributed by atoms with Crippen molar-refractivity contribution in [2.75, 3.05) is 25.0 Å². The number of benzene rings is 1. The summed E-state index contributed by atoms with van der Waals surface area (Å²) < 4.78 is 0. The summed E-state index contributed by atoms with van der Waals surface area (Å²) in [6.07, 6.45) is 2.40. The molecule has 0 fully saturated rings. The summed E-state index contributed by atoms with van der Waals surface area (Å²) in [6.45, 7) is 10.2. The van der Waals surface area contributed by atoms with Crippen molar-refractivity contribution in [2.24, 2.45) is 0 Å². The van der Waals surface area contributed by atoms with Crippen LogP contribution in [0, 0.1) is 0 Å². The zero-order valence-electron chi connectivity index (χ0n) is 13.5. The van der Waals surface area contributed by atoms with E-state index in [1.165, 1.54) is 24.8 Å². The van der Waals surface area contributed by atoms with E-state index in [2.05, 4.69) is 60.2 Å². The molecule has 21 heavy (non-hydrogen) atoms. The van der Waals surface area contributed by atoms with Crippen LogP contribution in [-0.4, -0.2) is 35.6 Å². The lowest BCUT2D eigenvalue weighted by Gasteiger charge is -2.20. The minimum absolute atomic E-state index is 0.453. The van der Waals surface area contributed by atoms with Gasteiger partial charge in [-0.2, -0.15) is 0 Å². The maximum atomic E-state index is 4.67. The topological polar surface area (TPSA) is 28.2 Å². The van der Waals surface area contributed by atoms with Gasteiger partial charge in [-0.05, 0) is 57.6 Å². The van der Waals surface area contributed by atoms with Crippen molar-refractivity contribution in [1.82, 2.24) is 9.88 Å². The molecule has 3 nitrogen and oxygen atoms in total. The first kappa shape index (κ1) is 15.8. The van der Waals surface area contributed by atoms with Gasteiger partial charge in [0.1, 0.15) is 5.82 Å².